The SMILES string of the molecule is COc1cccc(NS(=O)(=O)c2c(F)cccc2F)c1OC. The van der Waals surface area contributed by atoms with Gasteiger partial charge in [-0.15, -0.1) is 0 Å². The third kappa shape index (κ3) is 2.96. The van der Waals surface area contributed by atoms with Crippen LogP contribution in [0.5, 0.6) is 11.5 Å². The molecule has 0 aliphatic heterocycles. The van der Waals surface area contributed by atoms with Gasteiger partial charge in [0.15, 0.2) is 16.4 Å². The molecule has 2 aromatic carbocycles. The van der Waals surface area contributed by atoms with Crippen molar-refractivity contribution in [2.24, 2.45) is 0 Å². The molecule has 0 saturated heterocycles. The number of methoxy groups -OCH3 is 2. The average Bonchev–Trinajstić information content (AvgIpc) is 2.46. The summed E-state index contributed by atoms with van der Waals surface area (Å²) in [4.78, 5) is -1.06. The van der Waals surface area contributed by atoms with E-state index in [1.165, 1.54) is 26.4 Å². The molecular formula is C14H13F2NO4S. The largest absolute Gasteiger partial charge is 0.493 e. The summed E-state index contributed by atoms with van der Waals surface area (Å²) in [6.07, 6.45) is 0. The predicted octanol–water partition coefficient (Wildman–Crippen LogP) is 2.78. The molecule has 0 aliphatic carbocycles. The molecule has 0 heterocycles. The molecule has 0 radical (unpaired) electrons. The van der Waals surface area contributed by atoms with Crippen molar-refractivity contribution >= 4 is 15.7 Å². The zero-order valence-electron chi connectivity index (χ0n) is 11.8. The molecule has 2 aromatic rings. The fraction of sp³-hybridized carbons (Fsp3) is 0.143. The summed E-state index contributed by atoms with van der Waals surface area (Å²) in [5.41, 5.74) is 0.00417. The second-order valence-corrected chi connectivity index (χ2v) is 5.82. The summed E-state index contributed by atoms with van der Waals surface area (Å²) in [6, 6.07) is 7.26. The van der Waals surface area contributed by atoms with E-state index < -0.39 is 26.6 Å². The van der Waals surface area contributed by atoms with Gasteiger partial charge in [0.25, 0.3) is 10.0 Å². The number of hydrogen-bond acceptors (Lipinski definition) is 4. The minimum Gasteiger partial charge on any atom is -0.493 e. The van der Waals surface area contributed by atoms with E-state index in [9.17, 15) is 17.2 Å². The van der Waals surface area contributed by atoms with Crippen LogP contribution in [0.4, 0.5) is 14.5 Å². The minimum absolute atomic E-state index is 0.00417. The normalized spacial score (nSPS) is 11.1. The first-order valence-electron chi connectivity index (χ1n) is 6.08. The molecule has 0 fully saturated rings. The molecule has 0 spiro atoms. The van der Waals surface area contributed by atoms with Crippen molar-refractivity contribution in [2.45, 2.75) is 4.90 Å². The topological polar surface area (TPSA) is 64.6 Å². The van der Waals surface area contributed by atoms with Gasteiger partial charge in [0.2, 0.25) is 0 Å². The lowest BCUT2D eigenvalue weighted by molar-refractivity contribution is 0.356. The molecule has 0 aliphatic rings. The summed E-state index contributed by atoms with van der Waals surface area (Å²) in [5, 5.41) is 0. The van der Waals surface area contributed by atoms with Gasteiger partial charge >= 0.3 is 0 Å². The second-order valence-electron chi connectivity index (χ2n) is 4.20. The summed E-state index contributed by atoms with van der Waals surface area (Å²) >= 11 is 0. The Balaban J connectivity index is 2.51. The molecule has 0 bridgehead atoms. The highest BCUT2D eigenvalue weighted by molar-refractivity contribution is 7.92. The molecule has 0 amide bonds. The minimum atomic E-state index is -4.47. The Morgan fingerprint density at radius 3 is 2.09 bits per heavy atom. The van der Waals surface area contributed by atoms with Crippen LogP contribution in [0.25, 0.3) is 0 Å². The third-order valence-electron chi connectivity index (χ3n) is 2.83. The van der Waals surface area contributed by atoms with Crippen molar-refractivity contribution in [1.29, 1.82) is 0 Å². The van der Waals surface area contributed by atoms with Crippen molar-refractivity contribution in [2.75, 3.05) is 18.9 Å². The van der Waals surface area contributed by atoms with Crippen LogP contribution in [0, 0.1) is 11.6 Å². The highest BCUT2D eigenvalue weighted by Crippen LogP contribution is 2.36. The van der Waals surface area contributed by atoms with Crippen LogP contribution in [0.3, 0.4) is 0 Å². The standard InChI is InChI=1S/C14H13F2NO4S/c1-20-12-8-4-7-11(13(12)21-2)17-22(18,19)14-9(15)5-3-6-10(14)16/h3-8,17H,1-2H3. The van der Waals surface area contributed by atoms with E-state index in [2.05, 4.69) is 4.72 Å². The lowest BCUT2D eigenvalue weighted by Gasteiger charge is -2.14. The van der Waals surface area contributed by atoms with Gasteiger partial charge in [-0.25, -0.2) is 17.2 Å². The van der Waals surface area contributed by atoms with Gasteiger partial charge in [-0.1, -0.05) is 12.1 Å². The van der Waals surface area contributed by atoms with Crippen LogP contribution in [0.15, 0.2) is 41.3 Å². The molecule has 22 heavy (non-hydrogen) atoms. The van der Waals surface area contributed by atoms with Crippen molar-refractivity contribution in [1.82, 2.24) is 0 Å². The van der Waals surface area contributed by atoms with Crippen LogP contribution < -0.4 is 14.2 Å². The van der Waals surface area contributed by atoms with Crippen molar-refractivity contribution in [3.8, 4) is 11.5 Å². The number of rotatable bonds is 5. The second kappa shape index (κ2) is 6.18. The van der Waals surface area contributed by atoms with Gasteiger partial charge in [0, 0.05) is 0 Å². The van der Waals surface area contributed by atoms with E-state index in [1.807, 2.05) is 0 Å². The maximum Gasteiger partial charge on any atom is 0.267 e. The van der Waals surface area contributed by atoms with Crippen molar-refractivity contribution in [3.05, 3.63) is 48.0 Å². The van der Waals surface area contributed by atoms with Crippen molar-refractivity contribution in [3.63, 3.8) is 0 Å². The average molecular weight is 329 g/mol. The number of anilines is 1. The first-order valence-corrected chi connectivity index (χ1v) is 7.57. The fourth-order valence-corrected chi connectivity index (χ4v) is 3.10. The van der Waals surface area contributed by atoms with Crippen LogP contribution >= 0.6 is 0 Å². The number of ether oxygens (including phenoxy) is 2. The number of halogens is 2. The lowest BCUT2D eigenvalue weighted by Crippen LogP contribution is -2.17. The maximum absolute atomic E-state index is 13.7. The number of para-hydroxylation sites is 1. The van der Waals surface area contributed by atoms with E-state index in [1.54, 1.807) is 6.07 Å². The van der Waals surface area contributed by atoms with Gasteiger partial charge < -0.3 is 9.47 Å². The van der Waals surface area contributed by atoms with E-state index in [0.29, 0.717) is 0 Å². The van der Waals surface area contributed by atoms with Crippen LogP contribution in [-0.4, -0.2) is 22.6 Å². The molecule has 1 N–H and O–H groups in total. The van der Waals surface area contributed by atoms with Crippen LogP contribution in [-0.2, 0) is 10.0 Å². The smallest absolute Gasteiger partial charge is 0.267 e. The Labute approximate surface area is 126 Å². The van der Waals surface area contributed by atoms with Gasteiger partial charge in [-0.05, 0) is 24.3 Å². The summed E-state index contributed by atoms with van der Waals surface area (Å²) in [6.45, 7) is 0. The quantitative estimate of drug-likeness (QED) is 0.916. The number of sulfonamides is 1. The first kappa shape index (κ1) is 16.0. The molecule has 118 valence electrons. The van der Waals surface area contributed by atoms with E-state index >= 15 is 0 Å². The Kier molecular flexibility index (Phi) is 4.51. The summed E-state index contributed by atoms with van der Waals surface area (Å²) < 4.78 is 64.0. The molecule has 2 rings (SSSR count). The van der Waals surface area contributed by atoms with Gasteiger partial charge in [0.05, 0.1) is 19.9 Å². The van der Waals surface area contributed by atoms with E-state index in [4.69, 9.17) is 9.47 Å². The Bertz CT molecular complexity index is 773. The summed E-state index contributed by atoms with van der Waals surface area (Å²) in [7, 11) is -1.77. The Morgan fingerprint density at radius 2 is 1.55 bits per heavy atom. The van der Waals surface area contributed by atoms with Crippen LogP contribution in [0.1, 0.15) is 0 Å². The van der Waals surface area contributed by atoms with E-state index in [0.717, 1.165) is 18.2 Å². The molecule has 0 aromatic heterocycles. The third-order valence-corrected chi connectivity index (χ3v) is 4.25. The molecule has 0 atom stereocenters. The van der Waals surface area contributed by atoms with Gasteiger partial charge in [0.1, 0.15) is 11.6 Å². The summed E-state index contributed by atoms with van der Waals surface area (Å²) in [5.74, 6) is -1.99. The van der Waals surface area contributed by atoms with Crippen molar-refractivity contribution < 1.29 is 26.7 Å². The maximum atomic E-state index is 13.7. The lowest BCUT2D eigenvalue weighted by atomic mass is 10.3. The first-order chi connectivity index (χ1) is 10.4. The number of hydrogen-bond donors (Lipinski definition) is 1. The number of nitrogens with one attached hydrogen (secondary N) is 1. The zero-order chi connectivity index (χ0) is 16.3. The van der Waals surface area contributed by atoms with Gasteiger partial charge in [-0.2, -0.15) is 0 Å². The predicted molar refractivity (Wildman–Crippen MR) is 76.7 cm³/mol. The Hall–Kier alpha value is -2.35. The monoisotopic (exact) mass is 329 g/mol. The Morgan fingerprint density at radius 1 is 0.955 bits per heavy atom. The highest BCUT2D eigenvalue weighted by Gasteiger charge is 2.25. The molecule has 0 unspecified atom stereocenters. The molecular weight excluding hydrogens is 316 g/mol. The number of benzene rings is 2. The zero-order valence-corrected chi connectivity index (χ0v) is 12.6. The van der Waals surface area contributed by atoms with E-state index in [-0.39, 0.29) is 17.2 Å². The fourth-order valence-electron chi connectivity index (χ4n) is 1.90. The van der Waals surface area contributed by atoms with Crippen LogP contribution in [0.2, 0.25) is 0 Å². The molecule has 8 heteroatoms. The highest BCUT2D eigenvalue weighted by atomic mass is 32.2. The molecule has 0 saturated carbocycles. The van der Waals surface area contributed by atoms with Gasteiger partial charge in [-0.3, -0.25) is 4.72 Å². The molecule has 5 nitrogen and oxygen atoms in total.